The van der Waals surface area contributed by atoms with Gasteiger partial charge in [0.15, 0.2) is 0 Å². The summed E-state index contributed by atoms with van der Waals surface area (Å²) in [6.45, 7) is 0.0651. The number of nitrogens with one attached hydrogen (secondary N) is 1. The number of thioether (sulfide) groups is 1. The molecule has 0 spiro atoms. The molecule has 0 radical (unpaired) electrons. The van der Waals surface area contributed by atoms with Crippen LogP contribution < -0.4 is 15.4 Å². The summed E-state index contributed by atoms with van der Waals surface area (Å²) in [5, 5.41) is 2.51. The van der Waals surface area contributed by atoms with Crippen LogP contribution in [0.4, 0.5) is 28.0 Å². The van der Waals surface area contributed by atoms with E-state index in [0.29, 0.717) is 11.8 Å². The average Bonchev–Trinajstić information content (AvgIpc) is 2.64. The Kier molecular flexibility index (Phi) is 7.19. The largest absolute Gasteiger partial charge is 0.416 e. The number of rotatable bonds is 6. The molecule has 2 rings (SSSR count). The van der Waals surface area contributed by atoms with E-state index in [-0.39, 0.29) is 22.8 Å². The van der Waals surface area contributed by atoms with E-state index in [4.69, 9.17) is 5.73 Å². The van der Waals surface area contributed by atoms with Crippen molar-refractivity contribution in [2.75, 3.05) is 16.6 Å². The molecule has 3 N–H and O–H groups in total. The molecule has 2 aromatic carbocycles. The number of anilines is 1. The van der Waals surface area contributed by atoms with Crippen molar-refractivity contribution in [1.29, 1.82) is 0 Å². The molecule has 0 saturated heterocycles. The summed E-state index contributed by atoms with van der Waals surface area (Å²) >= 11 is 4.89. The van der Waals surface area contributed by atoms with Crippen LogP contribution >= 0.6 is 24.6 Å². The van der Waals surface area contributed by atoms with E-state index in [1.54, 1.807) is 0 Å². The molecule has 2 aromatic rings. The molecule has 0 aliphatic heterocycles. The van der Waals surface area contributed by atoms with E-state index < -0.39 is 29.5 Å². The van der Waals surface area contributed by atoms with Crippen molar-refractivity contribution < 1.29 is 27.2 Å². The number of thiol groups is 1. The number of alkyl halides is 3. The number of halogens is 4. The number of primary amides is 1. The molecule has 5 nitrogen and oxygen atoms in total. The van der Waals surface area contributed by atoms with Crippen molar-refractivity contribution in [2.24, 2.45) is 5.73 Å². The van der Waals surface area contributed by atoms with Crippen LogP contribution in [0.5, 0.6) is 0 Å². The number of nitrogens with zero attached hydrogens (tertiary/aromatic N) is 1. The molecule has 0 atom stereocenters. The molecule has 0 saturated carbocycles. The van der Waals surface area contributed by atoms with Crippen molar-refractivity contribution in [3.63, 3.8) is 0 Å². The first-order valence-corrected chi connectivity index (χ1v) is 9.14. The highest BCUT2D eigenvalue weighted by molar-refractivity contribution is 7.99. The Morgan fingerprint density at radius 2 is 1.79 bits per heavy atom. The van der Waals surface area contributed by atoms with Crippen LogP contribution in [0.2, 0.25) is 0 Å². The van der Waals surface area contributed by atoms with Gasteiger partial charge in [0.1, 0.15) is 5.82 Å². The fraction of sp³-hybridized carbons (Fsp3) is 0.176. The highest BCUT2D eigenvalue weighted by Crippen LogP contribution is 2.33. The maximum atomic E-state index is 13.7. The van der Waals surface area contributed by atoms with E-state index in [9.17, 15) is 27.2 Å². The minimum atomic E-state index is -4.56. The van der Waals surface area contributed by atoms with Gasteiger partial charge in [-0.3, -0.25) is 4.79 Å². The van der Waals surface area contributed by atoms with Crippen LogP contribution in [-0.2, 0) is 6.18 Å². The lowest BCUT2D eigenvalue weighted by molar-refractivity contribution is -0.137. The number of carbonyl (C=O) groups excluding carboxylic acids is 2. The Bertz CT molecular complexity index is 860. The van der Waals surface area contributed by atoms with Gasteiger partial charge < -0.3 is 11.1 Å². The van der Waals surface area contributed by atoms with Crippen LogP contribution in [0.25, 0.3) is 0 Å². The standard InChI is InChI=1S/C17H15F4N3O2S2/c18-13-6-3-11(17(19,20)21)9-14(13)28-8-7-23-16(26)24(27)12-4-1-10(2-5-12)15(22)25/h1-6,9,27H,7-8H2,(H2,22,25)(H,23,26). The lowest BCUT2D eigenvalue weighted by Gasteiger charge is -2.16. The zero-order chi connectivity index (χ0) is 20.9. The molecule has 0 aliphatic carbocycles. The van der Waals surface area contributed by atoms with Gasteiger partial charge in [0.05, 0.1) is 11.3 Å². The van der Waals surface area contributed by atoms with Gasteiger partial charge >= 0.3 is 12.2 Å². The summed E-state index contributed by atoms with van der Waals surface area (Å²) in [5.74, 6) is -1.23. The van der Waals surface area contributed by atoms with Gasteiger partial charge in [0.25, 0.3) is 0 Å². The van der Waals surface area contributed by atoms with Crippen LogP contribution in [0.3, 0.4) is 0 Å². The Hall–Kier alpha value is -2.40. The summed E-state index contributed by atoms with van der Waals surface area (Å²) in [5.41, 5.74) is 4.83. The van der Waals surface area contributed by atoms with Crippen molar-refractivity contribution >= 4 is 42.2 Å². The van der Waals surface area contributed by atoms with Gasteiger partial charge in [0, 0.05) is 22.8 Å². The van der Waals surface area contributed by atoms with Gasteiger partial charge in [-0.1, -0.05) is 12.8 Å². The summed E-state index contributed by atoms with van der Waals surface area (Å²) < 4.78 is 52.7. The van der Waals surface area contributed by atoms with E-state index >= 15 is 0 Å². The third-order valence-electron chi connectivity index (χ3n) is 3.48. The lowest BCUT2D eigenvalue weighted by Crippen LogP contribution is -2.35. The Labute approximate surface area is 167 Å². The monoisotopic (exact) mass is 433 g/mol. The number of hydrogen-bond acceptors (Lipinski definition) is 4. The third-order valence-corrected chi connectivity index (χ3v) is 4.93. The second-order valence-electron chi connectivity index (χ2n) is 5.45. The quantitative estimate of drug-likeness (QED) is 0.278. The summed E-state index contributed by atoms with van der Waals surface area (Å²) in [7, 11) is 0. The predicted octanol–water partition coefficient (Wildman–Crippen LogP) is 4.10. The zero-order valence-electron chi connectivity index (χ0n) is 14.2. The van der Waals surface area contributed by atoms with Crippen molar-refractivity contribution in [3.05, 3.63) is 59.4 Å². The molecule has 0 aliphatic rings. The van der Waals surface area contributed by atoms with Crippen LogP contribution in [0, 0.1) is 5.82 Å². The highest BCUT2D eigenvalue weighted by atomic mass is 32.2. The van der Waals surface area contributed by atoms with Crippen LogP contribution in [0.15, 0.2) is 47.4 Å². The first kappa shape index (κ1) is 21.9. The summed E-state index contributed by atoms with van der Waals surface area (Å²) in [6, 6.07) is 7.37. The number of urea groups is 1. The van der Waals surface area contributed by atoms with E-state index in [2.05, 4.69) is 18.1 Å². The smallest absolute Gasteiger partial charge is 0.366 e. The fourth-order valence-corrected chi connectivity index (χ4v) is 3.11. The fourth-order valence-electron chi connectivity index (χ4n) is 2.07. The molecular formula is C17H15F4N3O2S2. The molecule has 0 fully saturated rings. The number of hydrogen-bond donors (Lipinski definition) is 3. The normalized spacial score (nSPS) is 11.2. The molecule has 0 aromatic heterocycles. The summed E-state index contributed by atoms with van der Waals surface area (Å²) in [6.07, 6.45) is -4.56. The topological polar surface area (TPSA) is 75.4 Å². The number of benzene rings is 2. The Balaban J connectivity index is 1.88. The Morgan fingerprint density at radius 3 is 2.36 bits per heavy atom. The Morgan fingerprint density at radius 1 is 1.14 bits per heavy atom. The van der Waals surface area contributed by atoms with Gasteiger partial charge in [-0.15, -0.1) is 11.8 Å². The molecule has 150 valence electrons. The second-order valence-corrected chi connectivity index (χ2v) is 6.98. The van der Waals surface area contributed by atoms with Crippen LogP contribution in [0.1, 0.15) is 15.9 Å². The minimum Gasteiger partial charge on any atom is -0.366 e. The first-order valence-electron chi connectivity index (χ1n) is 7.76. The minimum absolute atomic E-state index is 0.0651. The van der Waals surface area contributed by atoms with E-state index in [1.807, 2.05) is 0 Å². The molecular weight excluding hydrogens is 418 g/mol. The highest BCUT2D eigenvalue weighted by Gasteiger charge is 2.31. The second kappa shape index (κ2) is 9.20. The average molecular weight is 433 g/mol. The molecule has 0 bridgehead atoms. The van der Waals surface area contributed by atoms with E-state index in [1.165, 1.54) is 24.3 Å². The van der Waals surface area contributed by atoms with Crippen LogP contribution in [-0.4, -0.2) is 24.2 Å². The molecule has 28 heavy (non-hydrogen) atoms. The van der Waals surface area contributed by atoms with Crippen molar-refractivity contribution in [2.45, 2.75) is 11.1 Å². The number of carbonyl (C=O) groups is 2. The molecule has 11 heteroatoms. The van der Waals surface area contributed by atoms with Gasteiger partial charge in [-0.05, 0) is 42.5 Å². The lowest BCUT2D eigenvalue weighted by atomic mass is 10.2. The van der Waals surface area contributed by atoms with Gasteiger partial charge in [-0.25, -0.2) is 13.5 Å². The SMILES string of the molecule is NC(=O)c1ccc(N(S)C(=O)NCCSc2cc(C(F)(F)F)ccc2F)cc1. The molecule has 3 amide bonds. The number of nitrogens with two attached hydrogens (primary N) is 1. The van der Waals surface area contributed by atoms with E-state index in [0.717, 1.165) is 28.2 Å². The maximum absolute atomic E-state index is 13.7. The predicted molar refractivity (Wildman–Crippen MR) is 102 cm³/mol. The summed E-state index contributed by atoms with van der Waals surface area (Å²) in [4.78, 5) is 22.9. The molecule has 0 heterocycles. The van der Waals surface area contributed by atoms with Crippen molar-refractivity contribution in [3.8, 4) is 0 Å². The van der Waals surface area contributed by atoms with Gasteiger partial charge in [-0.2, -0.15) is 13.2 Å². The third kappa shape index (κ3) is 5.80. The number of amides is 3. The van der Waals surface area contributed by atoms with Crippen molar-refractivity contribution in [1.82, 2.24) is 5.32 Å². The first-order chi connectivity index (χ1) is 13.1. The maximum Gasteiger partial charge on any atom is 0.416 e. The molecule has 0 unspecified atom stereocenters. The van der Waals surface area contributed by atoms with Gasteiger partial charge in [0.2, 0.25) is 5.91 Å². The zero-order valence-corrected chi connectivity index (χ0v) is 15.9.